The number of aromatic amines is 1. The monoisotopic (exact) mass is 364 g/mol. The van der Waals surface area contributed by atoms with E-state index in [-0.39, 0.29) is 11.8 Å². The maximum absolute atomic E-state index is 9.98. The molecule has 5 heteroatoms. The third-order valence-corrected chi connectivity index (χ3v) is 3.77. The van der Waals surface area contributed by atoms with Crippen LogP contribution in [0.2, 0.25) is 0 Å². The van der Waals surface area contributed by atoms with Gasteiger partial charge in [-0.05, 0) is 31.0 Å². The van der Waals surface area contributed by atoms with E-state index < -0.39 is 0 Å². The molecule has 0 aliphatic heterocycles. The number of carbonyl (C=O) groups is 1. The van der Waals surface area contributed by atoms with Crippen molar-refractivity contribution in [3.05, 3.63) is 54.4 Å². The second kappa shape index (κ2) is 11.5. The van der Waals surface area contributed by atoms with Crippen molar-refractivity contribution in [2.24, 2.45) is 11.7 Å². The number of primary amides is 1. The molecule has 27 heavy (non-hydrogen) atoms. The molecule has 0 bridgehead atoms. The smallest absolute Gasteiger partial charge is 0.220 e. The average molecular weight is 364 g/mol. The number of amides is 1. The molecule has 4 rings (SSSR count). The maximum atomic E-state index is 9.98. The van der Waals surface area contributed by atoms with Crippen molar-refractivity contribution in [3.8, 4) is 17.2 Å². The Morgan fingerprint density at radius 3 is 2.33 bits per heavy atom. The largest absolute Gasteiger partial charge is 0.369 e. The van der Waals surface area contributed by atoms with Crippen LogP contribution < -0.4 is 5.73 Å². The van der Waals surface area contributed by atoms with Crippen molar-refractivity contribution in [1.29, 1.82) is 5.26 Å². The Morgan fingerprint density at radius 1 is 1.11 bits per heavy atom. The van der Waals surface area contributed by atoms with Gasteiger partial charge in [0.25, 0.3) is 0 Å². The quantitative estimate of drug-likeness (QED) is 0.667. The highest BCUT2D eigenvalue weighted by atomic mass is 16.1. The topological polar surface area (TPSA) is 95.6 Å². The van der Waals surface area contributed by atoms with E-state index in [0.717, 1.165) is 35.0 Å². The normalized spacial score (nSPS) is 11.5. The second-order valence-corrected chi connectivity index (χ2v) is 5.44. The van der Waals surface area contributed by atoms with E-state index in [9.17, 15) is 4.79 Å². The van der Waals surface area contributed by atoms with Gasteiger partial charge >= 0.3 is 0 Å². The van der Waals surface area contributed by atoms with Crippen LogP contribution >= 0.6 is 0 Å². The van der Waals surface area contributed by atoms with E-state index in [1.807, 2.05) is 70.3 Å². The molecule has 2 heterocycles. The molecule has 0 unspecified atom stereocenters. The fourth-order valence-corrected chi connectivity index (χ4v) is 2.36. The van der Waals surface area contributed by atoms with Gasteiger partial charge in [0, 0.05) is 34.8 Å². The summed E-state index contributed by atoms with van der Waals surface area (Å²) >= 11 is 0. The predicted molar refractivity (Wildman–Crippen MR) is 111 cm³/mol. The van der Waals surface area contributed by atoms with E-state index in [1.54, 1.807) is 6.20 Å². The van der Waals surface area contributed by atoms with Crippen LogP contribution in [-0.2, 0) is 4.79 Å². The maximum Gasteiger partial charge on any atom is 0.220 e. The lowest BCUT2D eigenvalue weighted by molar-refractivity contribution is -0.119. The molecule has 1 saturated carbocycles. The zero-order valence-corrected chi connectivity index (χ0v) is 16.5. The number of benzene rings is 1. The molecule has 3 aromatic rings. The third-order valence-electron chi connectivity index (χ3n) is 3.77. The lowest BCUT2D eigenvalue weighted by Crippen LogP contribution is -2.11. The molecule has 142 valence electrons. The molecule has 1 fully saturated rings. The number of fused-ring (bicyclic) bond motifs is 1. The number of H-pyrrole nitrogens is 1. The minimum Gasteiger partial charge on any atom is -0.369 e. The Labute approximate surface area is 161 Å². The summed E-state index contributed by atoms with van der Waals surface area (Å²) in [4.78, 5) is 17.3. The van der Waals surface area contributed by atoms with Crippen molar-refractivity contribution >= 4 is 16.9 Å². The standard InChI is InChI=1S/C14H9N3.C4H7NO.2C2H6/c15-8-10-4-1-2-5-11(10)13-9-17-14-12(13)6-3-7-16-14;5-4(6)3-1-2-3;2*1-2/h1-7,9H,(H,16,17);3H,1-2H2,(H2,5,6);2*1-2H3. The lowest BCUT2D eigenvalue weighted by Gasteiger charge is -2.01. The summed E-state index contributed by atoms with van der Waals surface area (Å²) < 4.78 is 0. The molecule has 2 aromatic heterocycles. The van der Waals surface area contributed by atoms with Crippen LogP contribution in [0.15, 0.2) is 48.8 Å². The van der Waals surface area contributed by atoms with Gasteiger partial charge in [-0.1, -0.05) is 45.9 Å². The molecule has 0 spiro atoms. The van der Waals surface area contributed by atoms with Crippen LogP contribution in [0.1, 0.15) is 46.1 Å². The summed E-state index contributed by atoms with van der Waals surface area (Å²) in [6.45, 7) is 8.00. The first-order valence-corrected chi connectivity index (χ1v) is 9.41. The summed E-state index contributed by atoms with van der Waals surface area (Å²) in [6.07, 6.45) is 5.69. The summed E-state index contributed by atoms with van der Waals surface area (Å²) in [7, 11) is 0. The molecule has 1 aliphatic carbocycles. The number of carbonyl (C=O) groups excluding carboxylic acids is 1. The van der Waals surface area contributed by atoms with E-state index in [4.69, 9.17) is 11.0 Å². The number of nitrogens with zero attached hydrogens (tertiary/aromatic N) is 2. The van der Waals surface area contributed by atoms with Gasteiger partial charge in [0.15, 0.2) is 0 Å². The molecule has 0 atom stereocenters. The Hall–Kier alpha value is -3.13. The minimum atomic E-state index is -0.130. The van der Waals surface area contributed by atoms with Gasteiger partial charge < -0.3 is 10.7 Å². The van der Waals surface area contributed by atoms with Crippen molar-refractivity contribution in [3.63, 3.8) is 0 Å². The van der Waals surface area contributed by atoms with Crippen molar-refractivity contribution in [2.45, 2.75) is 40.5 Å². The molecule has 0 saturated heterocycles. The van der Waals surface area contributed by atoms with Gasteiger partial charge in [-0.25, -0.2) is 4.98 Å². The Morgan fingerprint density at radius 2 is 1.78 bits per heavy atom. The Kier molecular flexibility index (Phi) is 9.32. The van der Waals surface area contributed by atoms with Gasteiger partial charge in [-0.15, -0.1) is 0 Å². The van der Waals surface area contributed by atoms with Crippen molar-refractivity contribution < 1.29 is 4.79 Å². The van der Waals surface area contributed by atoms with E-state index >= 15 is 0 Å². The number of hydrogen-bond donors (Lipinski definition) is 2. The van der Waals surface area contributed by atoms with Crippen LogP contribution in [-0.4, -0.2) is 15.9 Å². The number of aromatic nitrogens is 2. The van der Waals surface area contributed by atoms with Gasteiger partial charge in [-0.2, -0.15) is 5.26 Å². The second-order valence-electron chi connectivity index (χ2n) is 5.44. The van der Waals surface area contributed by atoms with Crippen molar-refractivity contribution in [1.82, 2.24) is 9.97 Å². The highest BCUT2D eigenvalue weighted by molar-refractivity contribution is 5.94. The lowest BCUT2D eigenvalue weighted by atomic mass is 10.0. The summed E-state index contributed by atoms with van der Waals surface area (Å²) in [5.41, 5.74) is 8.34. The number of hydrogen-bond acceptors (Lipinski definition) is 3. The predicted octanol–water partition coefficient (Wildman–Crippen LogP) is 5.04. The number of nitrogens with two attached hydrogens (primary N) is 1. The zero-order valence-electron chi connectivity index (χ0n) is 16.5. The van der Waals surface area contributed by atoms with Gasteiger partial charge in [0.2, 0.25) is 5.91 Å². The number of nitriles is 1. The van der Waals surface area contributed by atoms with E-state index in [2.05, 4.69) is 16.0 Å². The SMILES string of the molecule is CC.CC.N#Cc1ccccc1-c1c[nH]c2ncccc12.NC(=O)C1CC1. The number of pyridine rings is 1. The average Bonchev–Trinajstić information content (AvgIpc) is 3.51. The number of rotatable bonds is 2. The van der Waals surface area contributed by atoms with E-state index in [1.165, 1.54) is 0 Å². The Balaban J connectivity index is 0.000000306. The molecule has 3 N–H and O–H groups in total. The Bertz CT molecular complexity index is 888. The first-order valence-electron chi connectivity index (χ1n) is 9.41. The third kappa shape index (κ3) is 5.96. The van der Waals surface area contributed by atoms with Crippen molar-refractivity contribution in [2.75, 3.05) is 0 Å². The molecular weight excluding hydrogens is 336 g/mol. The zero-order chi connectivity index (χ0) is 20.2. The van der Waals surface area contributed by atoms with Crippen LogP contribution in [0, 0.1) is 17.2 Å². The van der Waals surface area contributed by atoms with E-state index in [0.29, 0.717) is 5.56 Å². The first-order chi connectivity index (χ1) is 13.2. The first kappa shape index (κ1) is 21.9. The van der Waals surface area contributed by atoms with Crippen LogP contribution in [0.4, 0.5) is 0 Å². The summed E-state index contributed by atoms with van der Waals surface area (Å²) in [5, 5.41) is 10.2. The summed E-state index contributed by atoms with van der Waals surface area (Å²) in [6, 6.07) is 13.7. The fraction of sp³-hybridized carbons (Fsp3) is 0.318. The summed E-state index contributed by atoms with van der Waals surface area (Å²) in [5.74, 6) is 0.111. The fourth-order valence-electron chi connectivity index (χ4n) is 2.36. The highest BCUT2D eigenvalue weighted by Crippen LogP contribution is 2.29. The minimum absolute atomic E-state index is 0.130. The molecule has 0 radical (unpaired) electrons. The number of nitrogens with one attached hydrogen (secondary N) is 1. The van der Waals surface area contributed by atoms with Crippen LogP contribution in [0.5, 0.6) is 0 Å². The van der Waals surface area contributed by atoms with Gasteiger partial charge in [0.05, 0.1) is 11.6 Å². The van der Waals surface area contributed by atoms with Gasteiger partial charge in [-0.3, -0.25) is 4.79 Å². The molecular formula is C22H28N4O. The molecule has 1 aliphatic rings. The highest BCUT2D eigenvalue weighted by Gasteiger charge is 2.26. The molecule has 1 aromatic carbocycles. The van der Waals surface area contributed by atoms with Crippen LogP contribution in [0.25, 0.3) is 22.2 Å². The molecule has 5 nitrogen and oxygen atoms in total. The molecule has 1 amide bonds. The van der Waals surface area contributed by atoms with Crippen LogP contribution in [0.3, 0.4) is 0 Å². The van der Waals surface area contributed by atoms with Gasteiger partial charge in [0.1, 0.15) is 5.65 Å².